The number of aromatic nitrogens is 2. The Morgan fingerprint density at radius 1 is 0.827 bits per heavy atom. The molecule has 0 radical (unpaired) electrons. The van der Waals surface area contributed by atoms with E-state index >= 15 is 0 Å². The predicted octanol–water partition coefficient (Wildman–Crippen LogP) is 9.46. The van der Waals surface area contributed by atoms with Gasteiger partial charge in [0.1, 0.15) is 16.5 Å². The standard InChI is InChI=1S/C41H38N4O5S2/c1-27-44-45-41(52-27)51-26-37-23-38(30-15-13-28(25-46)14-16-30)50-39(49-37)33-10-6-9-32(22-33)31-8-5-7-29(21-31)24-42-40(47)43-34-17-19-36(20-18-34)48-35-11-3-2-4-12-35/h2-22,37-39,46H,23-26H2,1H3,(H2,42,43,47)/t37-,38+,39+/m1/s1. The zero-order valence-electron chi connectivity index (χ0n) is 28.5. The van der Waals surface area contributed by atoms with Crippen molar-refractivity contribution in [2.24, 2.45) is 0 Å². The fourth-order valence-corrected chi connectivity index (χ4v) is 7.70. The number of thioether (sulfide) groups is 1. The van der Waals surface area contributed by atoms with Gasteiger partial charge in [-0.15, -0.1) is 10.2 Å². The van der Waals surface area contributed by atoms with Crippen molar-refractivity contribution in [1.29, 1.82) is 0 Å². The van der Waals surface area contributed by atoms with Crippen LogP contribution in [0, 0.1) is 6.92 Å². The van der Waals surface area contributed by atoms with Gasteiger partial charge in [0.2, 0.25) is 0 Å². The number of nitrogens with one attached hydrogen (secondary N) is 2. The molecule has 3 atom stereocenters. The summed E-state index contributed by atoms with van der Waals surface area (Å²) in [5, 5.41) is 24.8. The second-order valence-electron chi connectivity index (χ2n) is 12.3. The molecule has 0 spiro atoms. The van der Waals surface area contributed by atoms with Gasteiger partial charge in [0, 0.05) is 30.0 Å². The van der Waals surface area contributed by atoms with E-state index in [9.17, 15) is 9.90 Å². The molecule has 6 aromatic rings. The normalized spacial score (nSPS) is 17.0. The van der Waals surface area contributed by atoms with Crippen LogP contribution in [0.3, 0.4) is 0 Å². The Morgan fingerprint density at radius 2 is 1.58 bits per heavy atom. The minimum absolute atomic E-state index is 0.00416. The fourth-order valence-electron chi connectivity index (χ4n) is 5.84. The number of nitrogens with zero attached hydrogens (tertiary/aromatic N) is 2. The first-order chi connectivity index (χ1) is 25.5. The maximum atomic E-state index is 12.8. The highest BCUT2D eigenvalue weighted by Crippen LogP contribution is 2.40. The molecule has 2 amide bonds. The van der Waals surface area contributed by atoms with Crippen LogP contribution in [0.25, 0.3) is 11.1 Å². The lowest BCUT2D eigenvalue weighted by molar-refractivity contribution is -0.245. The molecule has 1 fully saturated rings. The molecule has 5 aromatic carbocycles. The van der Waals surface area contributed by atoms with E-state index in [1.165, 1.54) is 0 Å². The molecule has 3 N–H and O–H groups in total. The van der Waals surface area contributed by atoms with E-state index in [-0.39, 0.29) is 24.8 Å². The number of para-hydroxylation sites is 1. The van der Waals surface area contributed by atoms with Crippen molar-refractivity contribution in [1.82, 2.24) is 15.5 Å². The molecule has 9 nitrogen and oxygen atoms in total. The van der Waals surface area contributed by atoms with Crippen molar-refractivity contribution >= 4 is 34.8 Å². The van der Waals surface area contributed by atoms with Crippen molar-refractivity contribution < 1.29 is 24.1 Å². The summed E-state index contributed by atoms with van der Waals surface area (Å²) in [7, 11) is 0. The highest BCUT2D eigenvalue weighted by molar-refractivity contribution is 8.01. The molecule has 1 aliphatic heterocycles. The summed E-state index contributed by atoms with van der Waals surface area (Å²) in [5.74, 6) is 2.15. The summed E-state index contributed by atoms with van der Waals surface area (Å²) in [4.78, 5) is 12.8. The third-order valence-corrected chi connectivity index (χ3v) is 10.6. The van der Waals surface area contributed by atoms with Crippen molar-refractivity contribution in [2.75, 3.05) is 11.1 Å². The van der Waals surface area contributed by atoms with Gasteiger partial charge in [-0.1, -0.05) is 102 Å². The van der Waals surface area contributed by atoms with E-state index in [0.717, 1.165) is 54.2 Å². The van der Waals surface area contributed by atoms with Crippen LogP contribution in [0.5, 0.6) is 11.5 Å². The highest BCUT2D eigenvalue weighted by Gasteiger charge is 2.32. The Kier molecular flexibility index (Phi) is 11.6. The number of benzene rings is 5. The van der Waals surface area contributed by atoms with Crippen molar-refractivity contribution in [2.45, 2.75) is 49.3 Å². The van der Waals surface area contributed by atoms with Gasteiger partial charge in [0.05, 0.1) is 18.8 Å². The number of carbonyl (C=O) groups excluding carboxylic acids is 1. The average molecular weight is 731 g/mol. The molecule has 2 heterocycles. The Hall–Kier alpha value is -5.04. The first kappa shape index (κ1) is 35.4. The van der Waals surface area contributed by atoms with Crippen LogP contribution in [0.15, 0.2) is 132 Å². The predicted molar refractivity (Wildman–Crippen MR) is 204 cm³/mol. The van der Waals surface area contributed by atoms with Crippen LogP contribution in [-0.4, -0.2) is 33.2 Å². The Bertz CT molecular complexity index is 2080. The second kappa shape index (κ2) is 17.0. The lowest BCUT2D eigenvalue weighted by Crippen LogP contribution is -2.31. The number of amides is 2. The number of hydrogen-bond donors (Lipinski definition) is 3. The van der Waals surface area contributed by atoms with Crippen molar-refractivity contribution in [3.63, 3.8) is 0 Å². The van der Waals surface area contributed by atoms with Crippen LogP contribution in [0.4, 0.5) is 10.5 Å². The molecular formula is C41H38N4O5S2. The molecule has 7 rings (SSSR count). The fraction of sp³-hybridized carbons (Fsp3) is 0.195. The monoisotopic (exact) mass is 730 g/mol. The molecular weight excluding hydrogens is 693 g/mol. The third-order valence-electron chi connectivity index (χ3n) is 8.48. The van der Waals surface area contributed by atoms with Crippen LogP contribution < -0.4 is 15.4 Å². The van der Waals surface area contributed by atoms with Gasteiger partial charge in [-0.2, -0.15) is 0 Å². The van der Waals surface area contributed by atoms with Gasteiger partial charge in [0.25, 0.3) is 0 Å². The van der Waals surface area contributed by atoms with Crippen molar-refractivity contribution in [3.05, 3.63) is 155 Å². The van der Waals surface area contributed by atoms with E-state index in [2.05, 4.69) is 45.1 Å². The topological polar surface area (TPSA) is 115 Å². The molecule has 0 bridgehead atoms. The number of urea groups is 1. The van der Waals surface area contributed by atoms with Gasteiger partial charge < -0.3 is 30.0 Å². The smallest absolute Gasteiger partial charge is 0.319 e. The van der Waals surface area contributed by atoms with E-state index in [1.54, 1.807) is 35.2 Å². The van der Waals surface area contributed by atoms with Gasteiger partial charge >= 0.3 is 6.03 Å². The average Bonchev–Trinajstić information content (AvgIpc) is 3.62. The number of aryl methyl sites for hydroxylation is 1. The second-order valence-corrected chi connectivity index (χ2v) is 14.8. The first-order valence-electron chi connectivity index (χ1n) is 17.0. The minimum atomic E-state index is -0.578. The van der Waals surface area contributed by atoms with Crippen molar-refractivity contribution in [3.8, 4) is 22.6 Å². The van der Waals surface area contributed by atoms with Gasteiger partial charge in [0.15, 0.2) is 10.6 Å². The highest BCUT2D eigenvalue weighted by atomic mass is 32.2. The SMILES string of the molecule is Cc1nnc(SC[C@H]2C[C@@H](c3ccc(CO)cc3)O[C@@H](c3cccc(-c4cccc(CNC(=O)Nc5ccc(Oc6ccccc6)cc5)c4)c3)O2)s1. The molecule has 1 aromatic heterocycles. The summed E-state index contributed by atoms with van der Waals surface area (Å²) >= 11 is 3.23. The number of hydrogen-bond acceptors (Lipinski definition) is 9. The van der Waals surface area contributed by atoms with Crippen LogP contribution in [0.1, 0.15) is 46.1 Å². The zero-order chi connectivity index (χ0) is 35.7. The molecule has 52 heavy (non-hydrogen) atoms. The molecule has 0 saturated carbocycles. The minimum Gasteiger partial charge on any atom is -0.457 e. The van der Waals surface area contributed by atoms with Gasteiger partial charge in [-0.05, 0) is 83.3 Å². The third kappa shape index (κ3) is 9.44. The Morgan fingerprint density at radius 3 is 2.33 bits per heavy atom. The lowest BCUT2D eigenvalue weighted by Gasteiger charge is -2.36. The summed E-state index contributed by atoms with van der Waals surface area (Å²) in [6.07, 6.45) is -0.153. The van der Waals surface area contributed by atoms with E-state index in [1.807, 2.05) is 97.9 Å². The molecule has 11 heteroatoms. The molecule has 0 aliphatic carbocycles. The molecule has 0 unspecified atom stereocenters. The van der Waals surface area contributed by atoms with Crippen LogP contribution >= 0.6 is 23.1 Å². The van der Waals surface area contributed by atoms with Gasteiger partial charge in [-0.25, -0.2) is 4.79 Å². The Balaban J connectivity index is 0.999. The maximum absolute atomic E-state index is 12.8. The number of aliphatic hydroxyl groups excluding tert-OH is 1. The number of anilines is 1. The quantitative estimate of drug-likeness (QED) is 0.107. The van der Waals surface area contributed by atoms with Crippen LogP contribution in [0.2, 0.25) is 0 Å². The summed E-state index contributed by atoms with van der Waals surface area (Å²) in [6.45, 7) is 2.30. The number of rotatable bonds is 12. The number of ether oxygens (including phenoxy) is 3. The largest absolute Gasteiger partial charge is 0.457 e. The van der Waals surface area contributed by atoms with E-state index in [4.69, 9.17) is 14.2 Å². The lowest BCUT2D eigenvalue weighted by atomic mass is 9.99. The molecule has 264 valence electrons. The molecule has 1 saturated heterocycles. The van der Waals surface area contributed by atoms with E-state index < -0.39 is 6.29 Å². The summed E-state index contributed by atoms with van der Waals surface area (Å²) < 4.78 is 19.9. The summed E-state index contributed by atoms with van der Waals surface area (Å²) in [6, 6.07) is 40.7. The number of carbonyl (C=O) groups is 1. The van der Waals surface area contributed by atoms with Gasteiger partial charge in [-0.3, -0.25) is 0 Å². The zero-order valence-corrected chi connectivity index (χ0v) is 30.1. The van der Waals surface area contributed by atoms with Crippen LogP contribution in [-0.2, 0) is 22.6 Å². The maximum Gasteiger partial charge on any atom is 0.319 e. The summed E-state index contributed by atoms with van der Waals surface area (Å²) in [5.41, 5.74) is 6.47. The number of aliphatic hydroxyl groups is 1. The molecule has 1 aliphatic rings. The first-order valence-corrected chi connectivity index (χ1v) is 18.8. The Labute approximate surface area is 311 Å². The van der Waals surface area contributed by atoms with E-state index in [0.29, 0.717) is 24.4 Å².